The van der Waals surface area contributed by atoms with Gasteiger partial charge in [0.15, 0.2) is 0 Å². The Morgan fingerprint density at radius 1 is 1.33 bits per heavy atom. The van der Waals surface area contributed by atoms with Gasteiger partial charge in [0, 0.05) is 11.1 Å². The molecular formula is C13H16ClN3S. The number of likely N-dealkylation sites (N-methyl/N-ethyl adjacent to an activating group) is 1. The Morgan fingerprint density at radius 3 is 2.67 bits per heavy atom. The summed E-state index contributed by atoms with van der Waals surface area (Å²) >= 11 is 7.38. The van der Waals surface area contributed by atoms with Gasteiger partial charge >= 0.3 is 0 Å². The number of hydrogen-bond acceptors (Lipinski definition) is 4. The molecule has 0 bridgehead atoms. The number of nitrogens with one attached hydrogen (secondary N) is 1. The van der Waals surface area contributed by atoms with Crippen LogP contribution in [0.3, 0.4) is 0 Å². The third-order valence-corrected chi connectivity index (χ3v) is 4.07. The fourth-order valence-electron chi connectivity index (χ4n) is 1.91. The summed E-state index contributed by atoms with van der Waals surface area (Å²) in [5.41, 5.74) is 2.35. The average Bonchev–Trinajstić information content (AvgIpc) is 2.86. The predicted octanol–water partition coefficient (Wildman–Crippen LogP) is 3.26. The van der Waals surface area contributed by atoms with E-state index in [4.69, 9.17) is 11.6 Å². The SMILES string of the molecule is CCc1nnsc1C(Cc1ccc(Cl)cc1)NC. The topological polar surface area (TPSA) is 37.8 Å². The summed E-state index contributed by atoms with van der Waals surface area (Å²) in [5, 5.41) is 8.28. The maximum Gasteiger partial charge on any atom is 0.0801 e. The summed E-state index contributed by atoms with van der Waals surface area (Å²) in [6.07, 6.45) is 1.84. The Balaban J connectivity index is 2.17. The van der Waals surface area contributed by atoms with Gasteiger partial charge in [0.2, 0.25) is 0 Å². The van der Waals surface area contributed by atoms with Crippen LogP contribution >= 0.6 is 23.1 Å². The molecule has 0 aliphatic rings. The summed E-state index contributed by atoms with van der Waals surface area (Å²) in [5.74, 6) is 0. The van der Waals surface area contributed by atoms with E-state index in [1.54, 1.807) is 0 Å². The molecule has 2 rings (SSSR count). The second-order valence-electron chi connectivity index (χ2n) is 4.11. The predicted molar refractivity (Wildman–Crippen MR) is 76.2 cm³/mol. The van der Waals surface area contributed by atoms with Crippen molar-refractivity contribution in [2.75, 3.05) is 7.05 Å². The van der Waals surface area contributed by atoms with Crippen molar-refractivity contribution in [1.82, 2.24) is 14.9 Å². The maximum atomic E-state index is 5.90. The van der Waals surface area contributed by atoms with Crippen LogP contribution in [0.1, 0.15) is 29.1 Å². The first-order valence-electron chi connectivity index (χ1n) is 5.97. The summed E-state index contributed by atoms with van der Waals surface area (Å²) in [7, 11) is 1.97. The van der Waals surface area contributed by atoms with E-state index in [9.17, 15) is 0 Å². The average molecular weight is 282 g/mol. The maximum absolute atomic E-state index is 5.90. The Kier molecular flexibility index (Phi) is 4.69. The van der Waals surface area contributed by atoms with Crippen molar-refractivity contribution in [2.24, 2.45) is 0 Å². The van der Waals surface area contributed by atoms with Crippen LogP contribution in [0.2, 0.25) is 5.02 Å². The third kappa shape index (κ3) is 3.07. The van der Waals surface area contributed by atoms with Crippen LogP contribution in [0.25, 0.3) is 0 Å². The third-order valence-electron chi connectivity index (χ3n) is 2.94. The molecule has 0 spiro atoms. The van der Waals surface area contributed by atoms with Gasteiger partial charge in [-0.2, -0.15) is 0 Å². The fourth-order valence-corrected chi connectivity index (χ4v) is 2.88. The first-order chi connectivity index (χ1) is 8.74. The summed E-state index contributed by atoms with van der Waals surface area (Å²) < 4.78 is 4.05. The number of benzene rings is 1. The van der Waals surface area contributed by atoms with Gasteiger partial charge in [-0.1, -0.05) is 35.1 Å². The standard InChI is InChI=1S/C13H16ClN3S/c1-3-11-13(18-17-16-11)12(15-2)8-9-4-6-10(14)7-5-9/h4-7,12,15H,3,8H2,1-2H3. The molecule has 0 radical (unpaired) electrons. The zero-order valence-electron chi connectivity index (χ0n) is 10.5. The van der Waals surface area contributed by atoms with Crippen LogP contribution < -0.4 is 5.32 Å². The van der Waals surface area contributed by atoms with E-state index in [2.05, 4.69) is 34.0 Å². The number of hydrogen-bond donors (Lipinski definition) is 1. The second kappa shape index (κ2) is 6.27. The van der Waals surface area contributed by atoms with Gasteiger partial charge in [-0.15, -0.1) is 5.10 Å². The molecule has 0 aliphatic heterocycles. The van der Waals surface area contributed by atoms with Crippen molar-refractivity contribution >= 4 is 23.1 Å². The molecule has 5 heteroatoms. The molecule has 96 valence electrons. The highest BCUT2D eigenvalue weighted by atomic mass is 35.5. The van der Waals surface area contributed by atoms with E-state index in [0.29, 0.717) is 0 Å². The van der Waals surface area contributed by atoms with Crippen molar-refractivity contribution in [3.05, 3.63) is 45.4 Å². The molecule has 1 N–H and O–H groups in total. The monoisotopic (exact) mass is 281 g/mol. The number of nitrogens with zero attached hydrogens (tertiary/aromatic N) is 2. The highest BCUT2D eigenvalue weighted by Gasteiger charge is 2.17. The van der Waals surface area contributed by atoms with E-state index in [1.807, 2.05) is 19.2 Å². The quantitative estimate of drug-likeness (QED) is 0.914. The molecule has 0 amide bonds. The highest BCUT2D eigenvalue weighted by molar-refractivity contribution is 7.05. The molecule has 1 atom stereocenters. The lowest BCUT2D eigenvalue weighted by Crippen LogP contribution is -2.19. The van der Waals surface area contributed by atoms with Crippen LogP contribution in [-0.2, 0) is 12.8 Å². The van der Waals surface area contributed by atoms with Crippen LogP contribution in [0, 0.1) is 0 Å². The van der Waals surface area contributed by atoms with E-state index in [-0.39, 0.29) is 6.04 Å². The minimum absolute atomic E-state index is 0.265. The van der Waals surface area contributed by atoms with Gasteiger partial charge in [-0.3, -0.25) is 0 Å². The van der Waals surface area contributed by atoms with E-state index in [1.165, 1.54) is 22.0 Å². The molecule has 2 aromatic rings. The number of aromatic nitrogens is 2. The van der Waals surface area contributed by atoms with E-state index >= 15 is 0 Å². The smallest absolute Gasteiger partial charge is 0.0801 e. The van der Waals surface area contributed by atoms with Crippen molar-refractivity contribution in [1.29, 1.82) is 0 Å². The Bertz CT molecular complexity index is 495. The van der Waals surface area contributed by atoms with Crippen molar-refractivity contribution in [3.8, 4) is 0 Å². The van der Waals surface area contributed by atoms with Crippen LogP contribution in [-0.4, -0.2) is 16.6 Å². The lowest BCUT2D eigenvalue weighted by Gasteiger charge is -2.15. The fraction of sp³-hybridized carbons (Fsp3) is 0.385. The van der Waals surface area contributed by atoms with Gasteiger partial charge in [0.05, 0.1) is 10.6 Å². The Labute approximate surface area is 116 Å². The van der Waals surface area contributed by atoms with Gasteiger partial charge in [-0.05, 0) is 49.1 Å². The molecule has 1 heterocycles. The highest BCUT2D eigenvalue weighted by Crippen LogP contribution is 2.24. The molecule has 18 heavy (non-hydrogen) atoms. The van der Waals surface area contributed by atoms with Crippen molar-refractivity contribution in [3.63, 3.8) is 0 Å². The van der Waals surface area contributed by atoms with E-state index < -0.39 is 0 Å². The molecule has 3 nitrogen and oxygen atoms in total. The number of aryl methyl sites for hydroxylation is 1. The second-order valence-corrected chi connectivity index (χ2v) is 5.33. The summed E-state index contributed by atoms with van der Waals surface area (Å²) in [4.78, 5) is 1.23. The summed E-state index contributed by atoms with van der Waals surface area (Å²) in [6, 6.07) is 8.24. The van der Waals surface area contributed by atoms with Crippen LogP contribution in [0.5, 0.6) is 0 Å². The molecule has 1 aromatic carbocycles. The lowest BCUT2D eigenvalue weighted by atomic mass is 10.0. The number of rotatable bonds is 5. The molecule has 0 saturated heterocycles. The largest absolute Gasteiger partial charge is 0.312 e. The van der Waals surface area contributed by atoms with Gasteiger partial charge < -0.3 is 5.32 Å². The first kappa shape index (κ1) is 13.5. The van der Waals surface area contributed by atoms with Gasteiger partial charge in [0.1, 0.15) is 0 Å². The molecule has 0 aliphatic carbocycles. The van der Waals surface area contributed by atoms with Gasteiger partial charge in [-0.25, -0.2) is 0 Å². The van der Waals surface area contributed by atoms with Gasteiger partial charge in [0.25, 0.3) is 0 Å². The molecular weight excluding hydrogens is 266 g/mol. The zero-order chi connectivity index (χ0) is 13.0. The minimum atomic E-state index is 0.265. The van der Waals surface area contributed by atoms with Crippen LogP contribution in [0.4, 0.5) is 0 Å². The molecule has 0 saturated carbocycles. The molecule has 1 aromatic heterocycles. The van der Waals surface area contributed by atoms with E-state index in [0.717, 1.165) is 23.6 Å². The van der Waals surface area contributed by atoms with Crippen molar-refractivity contribution < 1.29 is 0 Å². The Morgan fingerprint density at radius 2 is 2.06 bits per heavy atom. The first-order valence-corrected chi connectivity index (χ1v) is 7.12. The lowest BCUT2D eigenvalue weighted by molar-refractivity contribution is 0.595. The Hall–Kier alpha value is -0.970. The minimum Gasteiger partial charge on any atom is -0.312 e. The molecule has 0 fully saturated rings. The zero-order valence-corrected chi connectivity index (χ0v) is 12.1. The normalized spacial score (nSPS) is 12.6. The number of halogens is 1. The molecule has 1 unspecified atom stereocenters. The summed E-state index contributed by atoms with van der Waals surface area (Å²) in [6.45, 7) is 2.11. The van der Waals surface area contributed by atoms with Crippen molar-refractivity contribution in [2.45, 2.75) is 25.8 Å². The van der Waals surface area contributed by atoms with Crippen LogP contribution in [0.15, 0.2) is 24.3 Å².